The molecule has 2 N–H and O–H groups in total. The Balaban J connectivity index is 1.68. The standard InChI is InChI=1S/C19H13F2N5O2S/c20-14-7-6-12(8-15(14)21)26-18(28)13-9-22-25-17(13)24-19(26)29-10-16(27)23-11-4-2-1-3-5-11/h1-9H,10H2,(H,22,25)(H,23,27). The monoisotopic (exact) mass is 413 g/mol. The van der Waals surface area contributed by atoms with Crippen molar-refractivity contribution < 1.29 is 13.6 Å². The van der Waals surface area contributed by atoms with E-state index < -0.39 is 17.2 Å². The number of H-pyrrole nitrogens is 1. The zero-order valence-electron chi connectivity index (χ0n) is 14.7. The van der Waals surface area contributed by atoms with Gasteiger partial charge in [-0.3, -0.25) is 19.3 Å². The van der Waals surface area contributed by atoms with Gasteiger partial charge in [0.15, 0.2) is 22.4 Å². The lowest BCUT2D eigenvalue weighted by atomic mass is 10.3. The molecule has 0 unspecified atom stereocenters. The van der Waals surface area contributed by atoms with Crippen molar-refractivity contribution in [3.63, 3.8) is 0 Å². The number of para-hydroxylation sites is 1. The Morgan fingerprint density at radius 2 is 1.93 bits per heavy atom. The number of amides is 1. The summed E-state index contributed by atoms with van der Waals surface area (Å²) in [5.41, 5.74) is 0.448. The zero-order chi connectivity index (χ0) is 20.4. The Kier molecular flexibility index (Phi) is 5.09. The number of fused-ring (bicyclic) bond motifs is 1. The van der Waals surface area contributed by atoms with Gasteiger partial charge in [-0.15, -0.1) is 0 Å². The number of carbonyl (C=O) groups excluding carboxylic acids is 1. The lowest BCUT2D eigenvalue weighted by Gasteiger charge is -2.12. The molecule has 0 aliphatic carbocycles. The molecule has 0 aliphatic rings. The van der Waals surface area contributed by atoms with Crippen LogP contribution in [-0.2, 0) is 4.79 Å². The van der Waals surface area contributed by atoms with Gasteiger partial charge in [0.1, 0.15) is 5.39 Å². The van der Waals surface area contributed by atoms with Crippen LogP contribution in [0, 0.1) is 11.6 Å². The molecule has 0 fully saturated rings. The maximum atomic E-state index is 13.7. The number of benzene rings is 2. The molecule has 0 saturated heterocycles. The predicted octanol–water partition coefficient (Wildman–Crippen LogP) is 3.12. The highest BCUT2D eigenvalue weighted by Crippen LogP contribution is 2.22. The zero-order valence-corrected chi connectivity index (χ0v) is 15.5. The number of anilines is 1. The first kappa shape index (κ1) is 18.8. The fraction of sp³-hybridized carbons (Fsp3) is 0.0526. The SMILES string of the molecule is O=C(CSc1nc2[nH]ncc2c(=O)n1-c1ccc(F)c(F)c1)Nc1ccccc1. The smallest absolute Gasteiger partial charge is 0.269 e. The Morgan fingerprint density at radius 1 is 1.14 bits per heavy atom. The van der Waals surface area contributed by atoms with Crippen LogP contribution in [0.2, 0.25) is 0 Å². The van der Waals surface area contributed by atoms with Gasteiger partial charge in [-0.05, 0) is 24.3 Å². The summed E-state index contributed by atoms with van der Waals surface area (Å²) in [5.74, 6) is -2.49. The quantitative estimate of drug-likeness (QED) is 0.387. The van der Waals surface area contributed by atoms with E-state index in [0.29, 0.717) is 5.69 Å². The highest BCUT2D eigenvalue weighted by atomic mass is 32.2. The van der Waals surface area contributed by atoms with Crippen LogP contribution in [-0.4, -0.2) is 31.4 Å². The van der Waals surface area contributed by atoms with Crippen molar-refractivity contribution in [3.05, 3.63) is 76.7 Å². The van der Waals surface area contributed by atoms with Crippen LogP contribution >= 0.6 is 11.8 Å². The fourth-order valence-corrected chi connectivity index (χ4v) is 3.48. The van der Waals surface area contributed by atoms with Gasteiger partial charge >= 0.3 is 0 Å². The molecule has 0 radical (unpaired) electrons. The van der Waals surface area contributed by atoms with Crippen molar-refractivity contribution >= 4 is 34.4 Å². The summed E-state index contributed by atoms with van der Waals surface area (Å²) in [5, 5.41) is 9.46. The molecule has 0 bridgehead atoms. The molecular weight excluding hydrogens is 400 g/mol. The Morgan fingerprint density at radius 3 is 2.69 bits per heavy atom. The molecule has 1 amide bonds. The second-order valence-corrected chi connectivity index (χ2v) is 6.91. The topological polar surface area (TPSA) is 92.7 Å². The third-order valence-corrected chi connectivity index (χ3v) is 4.94. The maximum Gasteiger partial charge on any atom is 0.269 e. The first-order valence-electron chi connectivity index (χ1n) is 8.42. The van der Waals surface area contributed by atoms with Gasteiger partial charge in [0.05, 0.1) is 17.6 Å². The summed E-state index contributed by atoms with van der Waals surface area (Å²) in [4.78, 5) is 29.4. The number of nitrogens with one attached hydrogen (secondary N) is 2. The van der Waals surface area contributed by atoms with E-state index in [9.17, 15) is 18.4 Å². The molecule has 0 atom stereocenters. The molecule has 4 rings (SSSR count). The first-order valence-corrected chi connectivity index (χ1v) is 9.41. The number of carbonyl (C=O) groups is 1. The van der Waals surface area contributed by atoms with Crippen LogP contribution < -0.4 is 10.9 Å². The number of thioether (sulfide) groups is 1. The molecule has 0 aliphatic heterocycles. The van der Waals surface area contributed by atoms with E-state index >= 15 is 0 Å². The van der Waals surface area contributed by atoms with Gasteiger partial charge in [-0.2, -0.15) is 5.10 Å². The molecule has 10 heteroatoms. The number of hydrogen-bond acceptors (Lipinski definition) is 5. The van der Waals surface area contributed by atoms with E-state index in [2.05, 4.69) is 20.5 Å². The Labute approximate surface area is 166 Å². The minimum absolute atomic E-state index is 0.0509. The summed E-state index contributed by atoms with van der Waals surface area (Å²) in [6.45, 7) is 0. The van der Waals surface area contributed by atoms with Crippen LogP contribution in [0.1, 0.15) is 0 Å². The van der Waals surface area contributed by atoms with Crippen LogP contribution in [0.25, 0.3) is 16.7 Å². The largest absolute Gasteiger partial charge is 0.325 e. The van der Waals surface area contributed by atoms with Gasteiger partial charge in [0, 0.05) is 11.8 Å². The Hall–Kier alpha value is -3.53. The number of hydrogen-bond donors (Lipinski definition) is 2. The third kappa shape index (κ3) is 3.87. The number of rotatable bonds is 5. The first-order chi connectivity index (χ1) is 14.0. The van der Waals surface area contributed by atoms with Crippen LogP contribution in [0.4, 0.5) is 14.5 Å². The normalized spacial score (nSPS) is 11.0. The fourth-order valence-electron chi connectivity index (χ4n) is 2.67. The Bertz CT molecular complexity index is 1260. The summed E-state index contributed by atoms with van der Waals surface area (Å²) in [7, 11) is 0. The number of aromatic nitrogens is 4. The number of nitrogens with zero attached hydrogens (tertiary/aromatic N) is 3. The van der Waals surface area contributed by atoms with Crippen molar-refractivity contribution in [1.82, 2.24) is 19.7 Å². The van der Waals surface area contributed by atoms with Crippen LogP contribution in [0.5, 0.6) is 0 Å². The molecule has 0 saturated carbocycles. The van der Waals surface area contributed by atoms with Gasteiger partial charge in [-0.25, -0.2) is 13.8 Å². The van der Waals surface area contributed by atoms with Crippen LogP contribution in [0.15, 0.2) is 64.7 Å². The van der Waals surface area contributed by atoms with E-state index in [1.54, 1.807) is 24.3 Å². The highest BCUT2D eigenvalue weighted by molar-refractivity contribution is 7.99. The molecule has 4 aromatic rings. The van der Waals surface area contributed by atoms with E-state index in [0.717, 1.165) is 28.5 Å². The van der Waals surface area contributed by atoms with E-state index in [1.807, 2.05) is 6.07 Å². The summed E-state index contributed by atoms with van der Waals surface area (Å²) < 4.78 is 28.2. The van der Waals surface area contributed by atoms with Crippen molar-refractivity contribution in [2.24, 2.45) is 0 Å². The number of aromatic amines is 1. The second-order valence-electron chi connectivity index (χ2n) is 5.97. The molecular formula is C19H13F2N5O2S. The van der Waals surface area contributed by atoms with Crippen molar-refractivity contribution in [2.75, 3.05) is 11.1 Å². The summed E-state index contributed by atoms with van der Waals surface area (Å²) in [6.07, 6.45) is 1.30. The average Bonchev–Trinajstić information content (AvgIpc) is 3.18. The molecule has 2 aromatic carbocycles. The molecule has 0 spiro atoms. The summed E-state index contributed by atoms with van der Waals surface area (Å²) >= 11 is 0.988. The van der Waals surface area contributed by atoms with Crippen molar-refractivity contribution in [2.45, 2.75) is 5.16 Å². The minimum atomic E-state index is -1.10. The summed E-state index contributed by atoms with van der Waals surface area (Å²) in [6, 6.07) is 12.0. The third-order valence-electron chi connectivity index (χ3n) is 4.00. The lowest BCUT2D eigenvalue weighted by molar-refractivity contribution is -0.113. The van der Waals surface area contributed by atoms with E-state index in [1.165, 1.54) is 12.3 Å². The van der Waals surface area contributed by atoms with Gasteiger partial charge in [0.25, 0.3) is 5.56 Å². The molecule has 2 aromatic heterocycles. The van der Waals surface area contributed by atoms with Crippen LogP contribution in [0.3, 0.4) is 0 Å². The van der Waals surface area contributed by atoms with Crippen molar-refractivity contribution in [3.8, 4) is 5.69 Å². The molecule has 2 heterocycles. The molecule has 7 nitrogen and oxygen atoms in total. The molecule has 29 heavy (non-hydrogen) atoms. The minimum Gasteiger partial charge on any atom is -0.325 e. The lowest BCUT2D eigenvalue weighted by Crippen LogP contribution is -2.22. The predicted molar refractivity (Wildman–Crippen MR) is 105 cm³/mol. The second kappa shape index (κ2) is 7.84. The van der Waals surface area contributed by atoms with Gasteiger partial charge < -0.3 is 5.32 Å². The van der Waals surface area contributed by atoms with E-state index in [-0.39, 0.29) is 33.5 Å². The van der Waals surface area contributed by atoms with E-state index in [4.69, 9.17) is 0 Å². The maximum absolute atomic E-state index is 13.7. The van der Waals surface area contributed by atoms with Gasteiger partial charge in [0.2, 0.25) is 5.91 Å². The van der Waals surface area contributed by atoms with Gasteiger partial charge in [-0.1, -0.05) is 30.0 Å². The highest BCUT2D eigenvalue weighted by Gasteiger charge is 2.17. The molecule has 146 valence electrons. The van der Waals surface area contributed by atoms with Crippen molar-refractivity contribution in [1.29, 1.82) is 0 Å². The number of halogens is 2. The average molecular weight is 413 g/mol.